The van der Waals surface area contributed by atoms with Gasteiger partial charge >= 0.3 is 0 Å². The molecule has 3 atom stereocenters. The zero-order valence-electron chi connectivity index (χ0n) is 42.1. The number of benzene rings is 5. The summed E-state index contributed by atoms with van der Waals surface area (Å²) >= 11 is 0. The molecule has 5 aromatic carbocycles. The fraction of sp³-hybridized carbons (Fsp3) is 0.421. The van der Waals surface area contributed by atoms with E-state index in [0.29, 0.717) is 99.3 Å². The molecule has 5 aromatic rings. The van der Waals surface area contributed by atoms with E-state index in [2.05, 4.69) is 17.0 Å². The number of hydrogen-bond donors (Lipinski definition) is 1. The minimum absolute atomic E-state index is 0.0173. The average molecular weight is 1020 g/mol. The highest BCUT2D eigenvalue weighted by atomic mass is 32.2. The Hall–Kier alpha value is -6.30. The molecule has 2 amide bonds. The van der Waals surface area contributed by atoms with Crippen LogP contribution in [0.3, 0.4) is 0 Å². The van der Waals surface area contributed by atoms with E-state index in [9.17, 15) is 27.4 Å². The second-order valence-electron chi connectivity index (χ2n) is 19.5. The fourth-order valence-electron chi connectivity index (χ4n) is 10.9. The zero-order valence-corrected chi connectivity index (χ0v) is 42.9. The predicted octanol–water partition coefficient (Wildman–Crippen LogP) is 8.17. The number of carbonyl (C=O) groups excluding carboxylic acids is 3. The molecule has 0 radical (unpaired) electrons. The van der Waals surface area contributed by atoms with Crippen molar-refractivity contribution in [1.29, 1.82) is 0 Å². The largest absolute Gasteiger partial charge is 0.493 e. The summed E-state index contributed by atoms with van der Waals surface area (Å²) in [5.74, 6) is 0.120. The van der Waals surface area contributed by atoms with Gasteiger partial charge < -0.3 is 47.9 Å². The van der Waals surface area contributed by atoms with Gasteiger partial charge in [-0.1, -0.05) is 36.4 Å². The number of rotatable bonds is 23. The first-order chi connectivity index (χ1) is 35.3. The molecular formula is C57H65N3O12S. The number of ketones is 1. The number of anilines is 3. The first-order valence-corrected chi connectivity index (χ1v) is 26.8. The molecule has 0 fully saturated rings. The number of fused-ring (bicyclic) bond motifs is 8. The normalized spacial score (nSPS) is 17.7. The van der Waals surface area contributed by atoms with Crippen molar-refractivity contribution in [2.24, 2.45) is 5.92 Å². The molecule has 73 heavy (non-hydrogen) atoms. The number of hydrogen-bond acceptors (Lipinski definition) is 12. The summed E-state index contributed by atoms with van der Waals surface area (Å²) in [4.78, 5) is 46.6. The molecule has 1 unspecified atom stereocenters. The van der Waals surface area contributed by atoms with E-state index in [-0.39, 0.29) is 43.3 Å². The number of Topliss-reactive ketones (excluding diaryl/α,β-unsaturated/α-hetero) is 1. The van der Waals surface area contributed by atoms with Crippen LogP contribution in [0.5, 0.6) is 17.2 Å². The van der Waals surface area contributed by atoms with Crippen molar-refractivity contribution in [2.45, 2.75) is 84.1 Å². The van der Waals surface area contributed by atoms with Crippen LogP contribution >= 0.6 is 0 Å². The fourth-order valence-corrected chi connectivity index (χ4v) is 11.8. The van der Waals surface area contributed by atoms with Crippen LogP contribution in [0.4, 0.5) is 17.1 Å². The highest BCUT2D eigenvalue weighted by Crippen LogP contribution is 2.44. The molecule has 16 heteroatoms. The number of para-hydroxylation sites is 2. The standard InChI is InChI=1S/C57H65N3O12S/c1-37-24-48-41(15-16-46-29-42-11-5-7-13-50(42)59(46)56(48)62)31-53(37)71-34-39-25-40(27-47(26-39)58(17-9-10-38(2)61)18-19-69-22-23-70-21-20-67-3)35-72-55-32-44-28-45(36-73(64,65)66)52-30-43-12-6-8-14-51(43)60(52)57(63)49(44)33-54(55)68-4/h5-8,11-14,24-27,31-33,45-46,52H,9-10,15-23,28-30,34-36H2,1-4H3,(H,64,65,66)/t45?,46-,52+/m1/s1. The second kappa shape index (κ2) is 22.9. The van der Waals surface area contributed by atoms with Crippen LogP contribution in [-0.4, -0.2) is 109 Å². The van der Waals surface area contributed by atoms with Crippen LogP contribution in [0.25, 0.3) is 0 Å². The molecule has 4 aliphatic heterocycles. The summed E-state index contributed by atoms with van der Waals surface area (Å²) in [5, 5.41) is 0. The van der Waals surface area contributed by atoms with Crippen LogP contribution in [-0.2, 0) is 68.0 Å². The molecule has 4 heterocycles. The van der Waals surface area contributed by atoms with Crippen molar-refractivity contribution < 1.29 is 55.8 Å². The van der Waals surface area contributed by atoms with Crippen LogP contribution in [0.1, 0.15) is 85.8 Å². The Morgan fingerprint density at radius 1 is 0.699 bits per heavy atom. The summed E-state index contributed by atoms with van der Waals surface area (Å²) in [6.45, 7) is 7.18. The average Bonchev–Trinajstić information content (AvgIpc) is 3.89. The quantitative estimate of drug-likeness (QED) is 0.0492. The van der Waals surface area contributed by atoms with E-state index in [1.807, 2.05) is 78.6 Å². The van der Waals surface area contributed by atoms with E-state index in [1.54, 1.807) is 31.1 Å². The molecular weight excluding hydrogens is 951 g/mol. The molecule has 0 saturated carbocycles. The van der Waals surface area contributed by atoms with Gasteiger partial charge in [0.15, 0.2) is 11.5 Å². The third-order valence-corrected chi connectivity index (χ3v) is 15.3. The zero-order chi connectivity index (χ0) is 51.2. The molecule has 15 nitrogen and oxygen atoms in total. The number of aryl methyl sites for hydroxylation is 2. The van der Waals surface area contributed by atoms with Crippen molar-refractivity contribution in [2.75, 3.05) is 80.8 Å². The maximum absolute atomic E-state index is 14.5. The highest BCUT2D eigenvalue weighted by molar-refractivity contribution is 7.85. The van der Waals surface area contributed by atoms with E-state index in [4.69, 9.17) is 28.4 Å². The van der Waals surface area contributed by atoms with Crippen LogP contribution in [0.2, 0.25) is 0 Å². The lowest BCUT2D eigenvalue weighted by atomic mass is 9.91. The number of amides is 2. The monoisotopic (exact) mass is 1020 g/mol. The minimum Gasteiger partial charge on any atom is -0.493 e. The number of carbonyl (C=O) groups is 3. The molecule has 0 spiro atoms. The molecule has 0 saturated heterocycles. The molecule has 0 aromatic heterocycles. The molecule has 0 bridgehead atoms. The molecule has 4 aliphatic rings. The highest BCUT2D eigenvalue weighted by Gasteiger charge is 2.44. The molecule has 9 rings (SSSR count). The van der Waals surface area contributed by atoms with Crippen molar-refractivity contribution in [3.63, 3.8) is 0 Å². The number of ether oxygens (including phenoxy) is 6. The smallest absolute Gasteiger partial charge is 0.265 e. The van der Waals surface area contributed by atoms with Gasteiger partial charge in [-0.05, 0) is 146 Å². The Kier molecular flexibility index (Phi) is 16.2. The van der Waals surface area contributed by atoms with Gasteiger partial charge in [-0.2, -0.15) is 8.42 Å². The third kappa shape index (κ3) is 11.9. The van der Waals surface area contributed by atoms with Gasteiger partial charge in [0, 0.05) is 72.8 Å². The number of nitrogens with zero attached hydrogens (tertiary/aromatic N) is 3. The van der Waals surface area contributed by atoms with Gasteiger partial charge in [-0.25, -0.2) is 0 Å². The van der Waals surface area contributed by atoms with Gasteiger partial charge in [-0.15, -0.1) is 0 Å². The minimum atomic E-state index is -4.40. The summed E-state index contributed by atoms with van der Waals surface area (Å²) in [6, 6.07) is 28.9. The van der Waals surface area contributed by atoms with E-state index >= 15 is 0 Å². The Morgan fingerprint density at radius 2 is 1.33 bits per heavy atom. The Labute approximate surface area is 428 Å². The lowest BCUT2D eigenvalue weighted by molar-refractivity contribution is -0.117. The SMILES string of the molecule is COCCOCCOCCN(CCCC(C)=O)c1cc(COc2cc3c(cc2C)C(=O)N2c4ccccc4C[C@H]2CC3)cc(COc2cc3c(cc2OC)C(=O)N2c4ccccc4C[C@H]2C(CS(=O)(=O)O)C3)c1. The summed E-state index contributed by atoms with van der Waals surface area (Å²) in [6.07, 6.45) is 4.14. The van der Waals surface area contributed by atoms with Crippen LogP contribution in [0.15, 0.2) is 91.0 Å². The van der Waals surface area contributed by atoms with Gasteiger partial charge in [0.05, 0.1) is 45.9 Å². The lowest BCUT2D eigenvalue weighted by Crippen LogP contribution is -2.43. The second-order valence-corrected chi connectivity index (χ2v) is 21.0. The topological polar surface area (TPSA) is 171 Å². The van der Waals surface area contributed by atoms with Crippen LogP contribution in [0, 0.1) is 12.8 Å². The van der Waals surface area contributed by atoms with E-state index < -0.39 is 27.8 Å². The maximum atomic E-state index is 14.5. The molecule has 386 valence electrons. The lowest BCUT2D eigenvalue weighted by Gasteiger charge is -2.28. The molecule has 0 aliphatic carbocycles. The van der Waals surface area contributed by atoms with Gasteiger partial charge in [0.2, 0.25) is 0 Å². The van der Waals surface area contributed by atoms with Crippen molar-refractivity contribution in [3.8, 4) is 17.2 Å². The first-order valence-electron chi connectivity index (χ1n) is 25.2. The van der Waals surface area contributed by atoms with Crippen molar-refractivity contribution in [1.82, 2.24) is 0 Å². The van der Waals surface area contributed by atoms with Gasteiger partial charge in [0.25, 0.3) is 21.9 Å². The number of methoxy groups -OCH3 is 2. The Bertz CT molecular complexity index is 2960. The van der Waals surface area contributed by atoms with E-state index in [1.165, 1.54) is 12.7 Å². The van der Waals surface area contributed by atoms with Crippen LogP contribution < -0.4 is 28.9 Å². The van der Waals surface area contributed by atoms with Gasteiger partial charge in [0.1, 0.15) is 24.7 Å². The van der Waals surface area contributed by atoms with Gasteiger partial charge in [-0.3, -0.25) is 14.1 Å². The molecule has 1 N–H and O–H groups in total. The Balaban J connectivity index is 1.000. The summed E-state index contributed by atoms with van der Waals surface area (Å²) < 4.78 is 70.9. The summed E-state index contributed by atoms with van der Waals surface area (Å²) in [7, 11) is -1.26. The van der Waals surface area contributed by atoms with Crippen molar-refractivity contribution in [3.05, 3.63) is 141 Å². The van der Waals surface area contributed by atoms with E-state index in [0.717, 1.165) is 64.1 Å². The predicted molar refractivity (Wildman–Crippen MR) is 278 cm³/mol. The van der Waals surface area contributed by atoms with Crippen molar-refractivity contribution >= 4 is 44.8 Å². The first kappa shape index (κ1) is 51.6. The Morgan fingerprint density at radius 3 is 2.03 bits per heavy atom. The maximum Gasteiger partial charge on any atom is 0.265 e. The summed E-state index contributed by atoms with van der Waals surface area (Å²) in [5.41, 5.74) is 9.87. The third-order valence-electron chi connectivity index (χ3n) is 14.4.